The fourth-order valence-electron chi connectivity index (χ4n) is 2.93. The first-order valence-electron chi connectivity index (χ1n) is 6.27. The lowest BCUT2D eigenvalue weighted by Crippen LogP contribution is -2.21. The van der Waals surface area contributed by atoms with Crippen LogP contribution in [0.15, 0.2) is 12.1 Å². The highest BCUT2D eigenvalue weighted by Gasteiger charge is 2.31. The molecule has 3 rings (SSSR count). The van der Waals surface area contributed by atoms with E-state index < -0.39 is 0 Å². The van der Waals surface area contributed by atoms with Crippen molar-refractivity contribution < 1.29 is 9.13 Å². The van der Waals surface area contributed by atoms with E-state index in [2.05, 4.69) is 4.98 Å². The second kappa shape index (κ2) is 4.90. The zero-order chi connectivity index (χ0) is 13.6. The van der Waals surface area contributed by atoms with Crippen LogP contribution in [0.5, 0.6) is 0 Å². The van der Waals surface area contributed by atoms with E-state index in [9.17, 15) is 4.39 Å². The van der Waals surface area contributed by atoms with Gasteiger partial charge in [-0.15, -0.1) is 0 Å². The first-order valence-corrected chi connectivity index (χ1v) is 7.35. The van der Waals surface area contributed by atoms with Gasteiger partial charge in [-0.05, 0) is 47.9 Å². The summed E-state index contributed by atoms with van der Waals surface area (Å²) in [7, 11) is 1.71. The summed E-state index contributed by atoms with van der Waals surface area (Å²) in [5, 5.41) is 0. The number of nitrogens with two attached hydrogens (primary N) is 1. The molecule has 0 aliphatic heterocycles. The third kappa shape index (κ3) is 2.10. The Bertz CT molecular complexity index is 628. The number of ether oxygens (including phenoxy) is 1. The number of benzene rings is 1. The third-order valence-electron chi connectivity index (χ3n) is 3.81. The molecule has 4 nitrogen and oxygen atoms in total. The van der Waals surface area contributed by atoms with Gasteiger partial charge in [0.25, 0.3) is 0 Å². The number of methoxy groups -OCH3 is 1. The molecule has 1 aromatic heterocycles. The minimum Gasteiger partial charge on any atom is -0.379 e. The van der Waals surface area contributed by atoms with Gasteiger partial charge in [0.2, 0.25) is 5.95 Å². The topological polar surface area (TPSA) is 53.1 Å². The molecule has 2 aromatic rings. The zero-order valence-corrected chi connectivity index (χ0v) is 12.7. The van der Waals surface area contributed by atoms with Crippen LogP contribution in [0.3, 0.4) is 0 Å². The van der Waals surface area contributed by atoms with Crippen LogP contribution < -0.4 is 5.73 Å². The van der Waals surface area contributed by atoms with Crippen LogP contribution in [-0.2, 0) is 4.74 Å². The van der Waals surface area contributed by atoms with Crippen molar-refractivity contribution in [1.29, 1.82) is 0 Å². The van der Waals surface area contributed by atoms with E-state index in [0.717, 1.165) is 30.3 Å². The quantitative estimate of drug-likeness (QED) is 0.821. The van der Waals surface area contributed by atoms with Crippen molar-refractivity contribution in [3.63, 3.8) is 0 Å². The molecule has 0 bridgehead atoms. The maximum absolute atomic E-state index is 13.8. The number of nitrogen functional groups attached to an aromatic ring is 1. The summed E-state index contributed by atoms with van der Waals surface area (Å²) in [4.78, 5) is 4.34. The highest BCUT2D eigenvalue weighted by atomic mass is 127. The normalized spacial score (nSPS) is 23.3. The minimum atomic E-state index is -0.235. The van der Waals surface area contributed by atoms with Crippen molar-refractivity contribution >= 4 is 39.6 Å². The van der Waals surface area contributed by atoms with Gasteiger partial charge in [0.05, 0.1) is 26.7 Å². The summed E-state index contributed by atoms with van der Waals surface area (Å²) in [6.45, 7) is 0. The Labute approximate surface area is 124 Å². The Balaban J connectivity index is 2.17. The summed E-state index contributed by atoms with van der Waals surface area (Å²) in [6.07, 6.45) is 3.21. The van der Waals surface area contributed by atoms with Crippen molar-refractivity contribution in [3.05, 3.63) is 21.5 Å². The number of anilines is 1. The number of imidazole rings is 1. The van der Waals surface area contributed by atoms with Gasteiger partial charge in [0, 0.05) is 13.2 Å². The van der Waals surface area contributed by atoms with Gasteiger partial charge in [0.15, 0.2) is 0 Å². The van der Waals surface area contributed by atoms with E-state index in [1.54, 1.807) is 13.2 Å². The number of rotatable bonds is 2. The van der Waals surface area contributed by atoms with E-state index in [1.165, 1.54) is 6.07 Å². The molecule has 2 atom stereocenters. The van der Waals surface area contributed by atoms with Crippen LogP contribution in [0.1, 0.15) is 25.3 Å². The molecule has 1 heterocycles. The molecule has 102 valence electrons. The standard InChI is InChI=1S/C13H15FIN3O/c1-19-12-4-2-3-10(12)18-11-5-7(14)8(15)6-9(11)17-13(18)16/h5-6,10,12H,2-4H2,1H3,(H2,16,17). The SMILES string of the molecule is COC1CCCC1n1c(N)nc2cc(I)c(F)cc21. The molecule has 1 saturated carbocycles. The summed E-state index contributed by atoms with van der Waals surface area (Å²) >= 11 is 1.96. The van der Waals surface area contributed by atoms with E-state index in [0.29, 0.717) is 9.52 Å². The molecule has 0 radical (unpaired) electrons. The first kappa shape index (κ1) is 13.1. The number of halogens is 2. The molecular weight excluding hydrogens is 360 g/mol. The molecule has 2 unspecified atom stereocenters. The maximum atomic E-state index is 13.8. The van der Waals surface area contributed by atoms with Gasteiger partial charge in [-0.2, -0.15) is 0 Å². The van der Waals surface area contributed by atoms with Gasteiger partial charge in [-0.25, -0.2) is 9.37 Å². The molecule has 0 amide bonds. The number of aromatic nitrogens is 2. The average molecular weight is 375 g/mol. The van der Waals surface area contributed by atoms with Crippen LogP contribution in [0.25, 0.3) is 11.0 Å². The Kier molecular flexibility index (Phi) is 3.38. The van der Waals surface area contributed by atoms with E-state index in [-0.39, 0.29) is 18.0 Å². The van der Waals surface area contributed by atoms with Crippen LogP contribution >= 0.6 is 22.6 Å². The number of nitrogens with zero attached hydrogens (tertiary/aromatic N) is 2. The van der Waals surface area contributed by atoms with Crippen LogP contribution in [0.2, 0.25) is 0 Å². The smallest absolute Gasteiger partial charge is 0.201 e. The van der Waals surface area contributed by atoms with Gasteiger partial charge < -0.3 is 15.0 Å². The Hall–Kier alpha value is -0.890. The van der Waals surface area contributed by atoms with Crippen molar-refractivity contribution in [1.82, 2.24) is 9.55 Å². The lowest BCUT2D eigenvalue weighted by molar-refractivity contribution is 0.0768. The highest BCUT2D eigenvalue weighted by molar-refractivity contribution is 14.1. The molecule has 1 aromatic carbocycles. The molecule has 0 saturated heterocycles. The predicted octanol–water partition coefficient (Wildman–Crippen LogP) is 3.10. The molecule has 1 aliphatic rings. The lowest BCUT2D eigenvalue weighted by atomic mass is 10.2. The predicted molar refractivity (Wildman–Crippen MR) is 80.5 cm³/mol. The van der Waals surface area contributed by atoms with Crippen molar-refractivity contribution in [2.45, 2.75) is 31.4 Å². The van der Waals surface area contributed by atoms with Crippen LogP contribution in [0, 0.1) is 9.39 Å². The minimum absolute atomic E-state index is 0.127. The second-order valence-corrected chi connectivity index (χ2v) is 6.03. The fraction of sp³-hybridized carbons (Fsp3) is 0.462. The average Bonchev–Trinajstić information content (AvgIpc) is 2.93. The second-order valence-electron chi connectivity index (χ2n) is 4.87. The third-order valence-corrected chi connectivity index (χ3v) is 4.64. The Morgan fingerprint density at radius 2 is 2.26 bits per heavy atom. The van der Waals surface area contributed by atoms with Gasteiger partial charge in [0.1, 0.15) is 5.82 Å². The molecule has 0 spiro atoms. The number of fused-ring (bicyclic) bond motifs is 1. The molecular formula is C13H15FIN3O. The Morgan fingerprint density at radius 3 is 3.00 bits per heavy atom. The lowest BCUT2D eigenvalue weighted by Gasteiger charge is -2.21. The summed E-state index contributed by atoms with van der Waals surface area (Å²) < 4.78 is 21.8. The highest BCUT2D eigenvalue weighted by Crippen LogP contribution is 2.36. The molecule has 1 aliphatic carbocycles. The van der Waals surface area contributed by atoms with Crippen molar-refractivity contribution in [2.24, 2.45) is 0 Å². The van der Waals surface area contributed by atoms with Gasteiger partial charge in [-0.1, -0.05) is 0 Å². The van der Waals surface area contributed by atoms with Gasteiger partial charge in [-0.3, -0.25) is 0 Å². The van der Waals surface area contributed by atoms with Crippen LogP contribution in [0.4, 0.5) is 10.3 Å². The van der Waals surface area contributed by atoms with E-state index >= 15 is 0 Å². The number of hydrogen-bond acceptors (Lipinski definition) is 3. The van der Waals surface area contributed by atoms with E-state index in [1.807, 2.05) is 27.2 Å². The largest absolute Gasteiger partial charge is 0.379 e. The molecule has 6 heteroatoms. The summed E-state index contributed by atoms with van der Waals surface area (Å²) in [6, 6.07) is 3.40. The summed E-state index contributed by atoms with van der Waals surface area (Å²) in [5.74, 6) is 0.201. The molecule has 2 N–H and O–H groups in total. The molecule has 19 heavy (non-hydrogen) atoms. The van der Waals surface area contributed by atoms with Crippen molar-refractivity contribution in [3.8, 4) is 0 Å². The number of hydrogen-bond donors (Lipinski definition) is 1. The van der Waals surface area contributed by atoms with Gasteiger partial charge >= 0.3 is 0 Å². The zero-order valence-electron chi connectivity index (χ0n) is 10.6. The fourth-order valence-corrected chi connectivity index (χ4v) is 3.39. The summed E-state index contributed by atoms with van der Waals surface area (Å²) in [5.41, 5.74) is 7.52. The molecule has 1 fully saturated rings. The van der Waals surface area contributed by atoms with Crippen molar-refractivity contribution in [2.75, 3.05) is 12.8 Å². The van der Waals surface area contributed by atoms with E-state index in [4.69, 9.17) is 10.5 Å². The van der Waals surface area contributed by atoms with Crippen LogP contribution in [-0.4, -0.2) is 22.8 Å². The Morgan fingerprint density at radius 1 is 1.47 bits per heavy atom. The monoisotopic (exact) mass is 375 g/mol. The first-order chi connectivity index (χ1) is 9.11. The maximum Gasteiger partial charge on any atom is 0.201 e.